The van der Waals surface area contributed by atoms with Gasteiger partial charge in [-0.15, -0.1) is 0 Å². The minimum absolute atomic E-state index is 0.256. The first-order valence-electron chi connectivity index (χ1n) is 4.70. The fraction of sp³-hybridized carbons (Fsp3) is 0.400. The number of halogens is 3. The van der Waals surface area contributed by atoms with E-state index in [9.17, 15) is 13.2 Å². The van der Waals surface area contributed by atoms with Crippen LogP contribution in [-0.4, -0.2) is 9.97 Å². The third-order valence-electron chi connectivity index (χ3n) is 2.82. The summed E-state index contributed by atoms with van der Waals surface area (Å²) in [7, 11) is 0. The molecule has 6 heteroatoms. The van der Waals surface area contributed by atoms with E-state index >= 15 is 0 Å². The zero-order chi connectivity index (χ0) is 12.0. The van der Waals surface area contributed by atoms with Crippen LogP contribution in [0.2, 0.25) is 0 Å². The lowest BCUT2D eigenvalue weighted by Crippen LogP contribution is -2.27. The molecular weight excluding hydrogens is 237 g/mol. The lowest BCUT2D eigenvalue weighted by molar-refractivity contribution is -0.141. The van der Waals surface area contributed by atoms with Gasteiger partial charge in [0.25, 0.3) is 0 Å². The van der Waals surface area contributed by atoms with E-state index in [-0.39, 0.29) is 4.99 Å². The Bertz CT molecular complexity index is 438. The first kappa shape index (κ1) is 11.3. The van der Waals surface area contributed by atoms with Crippen LogP contribution in [0.5, 0.6) is 0 Å². The largest absolute Gasteiger partial charge is 0.433 e. The van der Waals surface area contributed by atoms with Crippen molar-refractivity contribution in [1.29, 1.82) is 0 Å². The third-order valence-corrected chi connectivity index (χ3v) is 3.22. The molecule has 0 spiro atoms. The van der Waals surface area contributed by atoms with E-state index in [2.05, 4.69) is 4.98 Å². The first-order valence-corrected chi connectivity index (χ1v) is 5.11. The van der Waals surface area contributed by atoms with Gasteiger partial charge in [-0.05, 0) is 30.5 Å². The molecule has 0 bridgehead atoms. The summed E-state index contributed by atoms with van der Waals surface area (Å²) in [6, 6.07) is 2.58. The van der Waals surface area contributed by atoms with Crippen molar-refractivity contribution in [2.75, 3.05) is 0 Å². The van der Waals surface area contributed by atoms with E-state index in [1.807, 2.05) is 0 Å². The molecule has 0 radical (unpaired) electrons. The molecule has 1 saturated carbocycles. The molecule has 0 saturated heterocycles. The van der Waals surface area contributed by atoms with Gasteiger partial charge in [0.15, 0.2) is 0 Å². The van der Waals surface area contributed by atoms with Crippen molar-refractivity contribution >= 4 is 17.2 Å². The number of nitrogens with zero attached hydrogens (tertiary/aromatic N) is 1. The van der Waals surface area contributed by atoms with E-state index in [0.29, 0.717) is 18.4 Å². The van der Waals surface area contributed by atoms with Gasteiger partial charge in [-0.2, -0.15) is 13.2 Å². The Morgan fingerprint density at radius 2 is 2.06 bits per heavy atom. The van der Waals surface area contributed by atoms with Gasteiger partial charge in [0.1, 0.15) is 5.69 Å². The quantitative estimate of drug-likeness (QED) is 0.814. The van der Waals surface area contributed by atoms with E-state index in [1.165, 1.54) is 0 Å². The molecule has 1 aliphatic rings. The summed E-state index contributed by atoms with van der Waals surface area (Å²) in [4.78, 5) is 3.56. The highest BCUT2D eigenvalue weighted by Crippen LogP contribution is 2.49. The van der Waals surface area contributed by atoms with Crippen LogP contribution in [0.4, 0.5) is 13.2 Å². The molecule has 0 unspecified atom stereocenters. The average Bonchev–Trinajstić information content (AvgIpc) is 2.97. The first-order chi connectivity index (χ1) is 7.36. The number of hydrogen-bond donors (Lipinski definition) is 1. The van der Waals surface area contributed by atoms with Crippen LogP contribution in [0.25, 0.3) is 0 Å². The number of alkyl halides is 3. The fourth-order valence-electron chi connectivity index (χ4n) is 1.69. The number of aromatic nitrogens is 1. The maximum Gasteiger partial charge on any atom is 0.433 e. The molecule has 16 heavy (non-hydrogen) atoms. The summed E-state index contributed by atoms with van der Waals surface area (Å²) in [5.74, 6) is 0. The van der Waals surface area contributed by atoms with Gasteiger partial charge < -0.3 is 5.73 Å². The Morgan fingerprint density at radius 3 is 2.50 bits per heavy atom. The lowest BCUT2D eigenvalue weighted by atomic mass is 9.96. The van der Waals surface area contributed by atoms with E-state index in [4.69, 9.17) is 18.0 Å². The maximum atomic E-state index is 12.5. The number of hydrogen-bond acceptors (Lipinski definition) is 2. The number of nitrogens with two attached hydrogens (primary N) is 1. The van der Waals surface area contributed by atoms with Gasteiger partial charge in [0.05, 0.1) is 4.99 Å². The third kappa shape index (κ3) is 1.77. The Hall–Kier alpha value is -1.17. The Morgan fingerprint density at radius 1 is 1.44 bits per heavy atom. The van der Waals surface area contributed by atoms with Crippen molar-refractivity contribution < 1.29 is 13.2 Å². The van der Waals surface area contributed by atoms with Crippen molar-refractivity contribution in [3.8, 4) is 0 Å². The number of pyridine rings is 1. The molecule has 1 heterocycles. The molecule has 1 aromatic heterocycles. The average molecular weight is 246 g/mol. The van der Waals surface area contributed by atoms with Crippen molar-refractivity contribution in [1.82, 2.24) is 4.98 Å². The van der Waals surface area contributed by atoms with Crippen molar-refractivity contribution in [3.05, 3.63) is 29.6 Å². The second-order valence-corrected chi connectivity index (χ2v) is 4.31. The molecule has 0 aliphatic heterocycles. The number of thiocarbonyl (C=S) groups is 1. The van der Waals surface area contributed by atoms with Crippen LogP contribution in [0.15, 0.2) is 18.3 Å². The van der Waals surface area contributed by atoms with Crippen LogP contribution in [0.3, 0.4) is 0 Å². The summed E-state index contributed by atoms with van der Waals surface area (Å²) in [6.45, 7) is 0. The van der Waals surface area contributed by atoms with Crippen molar-refractivity contribution in [3.63, 3.8) is 0 Å². The van der Waals surface area contributed by atoms with E-state index in [1.54, 1.807) is 6.07 Å². The summed E-state index contributed by atoms with van der Waals surface area (Å²) in [5, 5.41) is 0. The Labute approximate surface area is 95.7 Å². The zero-order valence-electron chi connectivity index (χ0n) is 8.21. The summed E-state index contributed by atoms with van der Waals surface area (Å²) in [5.41, 5.74) is 4.64. The normalized spacial score (nSPS) is 18.2. The van der Waals surface area contributed by atoms with Gasteiger partial charge in [-0.25, -0.2) is 0 Å². The predicted molar refractivity (Wildman–Crippen MR) is 56.9 cm³/mol. The fourth-order valence-corrected chi connectivity index (χ4v) is 2.01. The van der Waals surface area contributed by atoms with Gasteiger partial charge in [-0.1, -0.05) is 12.2 Å². The van der Waals surface area contributed by atoms with Crippen LogP contribution >= 0.6 is 12.2 Å². The molecule has 0 aromatic carbocycles. The SMILES string of the molecule is NC(=S)C1(c2ccnc(C(F)(F)F)c2)CC1. The Kier molecular flexibility index (Phi) is 2.41. The minimum atomic E-state index is -4.43. The molecule has 1 fully saturated rings. The molecule has 2 rings (SSSR count). The molecular formula is C10H9F3N2S. The second kappa shape index (κ2) is 3.41. The van der Waals surface area contributed by atoms with Crippen LogP contribution in [-0.2, 0) is 11.6 Å². The summed E-state index contributed by atoms with van der Waals surface area (Å²) in [6.07, 6.45) is -1.86. The maximum absolute atomic E-state index is 12.5. The highest BCUT2D eigenvalue weighted by Gasteiger charge is 2.48. The molecule has 86 valence electrons. The van der Waals surface area contributed by atoms with Crippen molar-refractivity contribution in [2.24, 2.45) is 5.73 Å². The van der Waals surface area contributed by atoms with E-state index in [0.717, 1.165) is 12.3 Å². The second-order valence-electron chi connectivity index (χ2n) is 3.87. The van der Waals surface area contributed by atoms with E-state index < -0.39 is 17.3 Å². The monoisotopic (exact) mass is 246 g/mol. The summed E-state index contributed by atoms with van der Waals surface area (Å²) >= 11 is 4.89. The standard InChI is InChI=1S/C10H9F3N2S/c11-10(12,13)7-5-6(1-4-15-7)9(2-3-9)8(14)16/h1,4-5H,2-3H2,(H2,14,16). The van der Waals surface area contributed by atoms with Crippen LogP contribution < -0.4 is 5.73 Å². The smallest absolute Gasteiger partial charge is 0.393 e. The van der Waals surface area contributed by atoms with Gasteiger partial charge in [0, 0.05) is 11.6 Å². The molecule has 0 amide bonds. The lowest BCUT2D eigenvalue weighted by Gasteiger charge is -2.15. The molecule has 1 aliphatic carbocycles. The van der Waals surface area contributed by atoms with Gasteiger partial charge in [-0.3, -0.25) is 4.98 Å². The van der Waals surface area contributed by atoms with Crippen LogP contribution in [0, 0.1) is 0 Å². The van der Waals surface area contributed by atoms with Crippen LogP contribution in [0.1, 0.15) is 24.1 Å². The molecule has 0 atom stereocenters. The highest BCUT2D eigenvalue weighted by atomic mass is 32.1. The highest BCUT2D eigenvalue weighted by molar-refractivity contribution is 7.80. The van der Waals surface area contributed by atoms with Crippen molar-refractivity contribution in [2.45, 2.75) is 24.4 Å². The van der Waals surface area contributed by atoms with Gasteiger partial charge >= 0.3 is 6.18 Å². The predicted octanol–water partition coefficient (Wildman–Crippen LogP) is 2.42. The topological polar surface area (TPSA) is 38.9 Å². The zero-order valence-corrected chi connectivity index (χ0v) is 9.03. The summed E-state index contributed by atoms with van der Waals surface area (Å²) < 4.78 is 37.4. The van der Waals surface area contributed by atoms with Gasteiger partial charge in [0.2, 0.25) is 0 Å². The Balaban J connectivity index is 2.41. The minimum Gasteiger partial charge on any atom is -0.393 e. The molecule has 2 nitrogen and oxygen atoms in total. The number of rotatable bonds is 2. The molecule has 2 N–H and O–H groups in total. The molecule has 1 aromatic rings.